The zero-order valence-corrected chi connectivity index (χ0v) is 12.8. The molecule has 2 aromatic rings. The van der Waals surface area contributed by atoms with Gasteiger partial charge in [0.2, 0.25) is 0 Å². The molecule has 1 fully saturated rings. The normalized spacial score (nSPS) is 16.7. The van der Waals surface area contributed by atoms with E-state index in [9.17, 15) is 9.59 Å². The number of benzene rings is 1. The topological polar surface area (TPSA) is 49.4 Å². The summed E-state index contributed by atoms with van der Waals surface area (Å²) in [6.45, 7) is 0. The van der Waals surface area contributed by atoms with Crippen LogP contribution in [0.25, 0.3) is 6.08 Å². The summed E-state index contributed by atoms with van der Waals surface area (Å²) in [5.74, 6) is -0.869. The second-order valence-corrected chi connectivity index (χ2v) is 6.05. The van der Waals surface area contributed by atoms with Crippen LogP contribution in [0.15, 0.2) is 41.3 Å². The third-order valence-corrected chi connectivity index (χ3v) is 4.44. The third kappa shape index (κ3) is 2.68. The number of thiophene rings is 1. The number of carbonyl (C=O) groups excluding carboxylic acids is 2. The minimum absolute atomic E-state index is 0.0866. The van der Waals surface area contributed by atoms with Crippen LogP contribution in [0, 0.1) is 0 Å². The van der Waals surface area contributed by atoms with E-state index in [0.29, 0.717) is 15.7 Å². The van der Waals surface area contributed by atoms with Crippen molar-refractivity contribution in [1.29, 1.82) is 0 Å². The fraction of sp³-hybridized carbons (Fsp3) is 0. The zero-order chi connectivity index (χ0) is 15.0. The molecule has 0 spiro atoms. The molecule has 106 valence electrons. The van der Waals surface area contributed by atoms with E-state index in [1.165, 1.54) is 17.4 Å². The SMILES string of the molecule is O=C1NN(c2ccc(Cl)c(Cl)c2)C(=O)/C1=C/c1cccs1. The van der Waals surface area contributed by atoms with E-state index in [0.717, 1.165) is 9.89 Å². The van der Waals surface area contributed by atoms with Crippen LogP contribution >= 0.6 is 34.5 Å². The van der Waals surface area contributed by atoms with Crippen molar-refractivity contribution in [3.8, 4) is 0 Å². The molecule has 2 heterocycles. The highest BCUT2D eigenvalue weighted by atomic mass is 35.5. The predicted molar refractivity (Wildman–Crippen MR) is 84.4 cm³/mol. The van der Waals surface area contributed by atoms with Crippen molar-refractivity contribution in [2.75, 3.05) is 5.01 Å². The minimum Gasteiger partial charge on any atom is -0.267 e. The summed E-state index contributed by atoms with van der Waals surface area (Å²) in [7, 11) is 0. The number of amides is 2. The third-order valence-electron chi connectivity index (χ3n) is 2.88. The molecule has 1 aromatic carbocycles. The highest BCUT2D eigenvalue weighted by Crippen LogP contribution is 2.29. The van der Waals surface area contributed by atoms with Gasteiger partial charge in [0.05, 0.1) is 15.7 Å². The van der Waals surface area contributed by atoms with Crippen molar-refractivity contribution < 1.29 is 9.59 Å². The molecule has 0 aliphatic carbocycles. The fourth-order valence-corrected chi connectivity index (χ4v) is 2.83. The molecule has 1 saturated heterocycles. The number of rotatable bonds is 2. The van der Waals surface area contributed by atoms with Crippen LogP contribution in [0.2, 0.25) is 10.0 Å². The lowest BCUT2D eigenvalue weighted by Crippen LogP contribution is -2.35. The van der Waals surface area contributed by atoms with Gasteiger partial charge in [0.1, 0.15) is 5.57 Å². The molecule has 4 nitrogen and oxygen atoms in total. The molecule has 1 aliphatic rings. The van der Waals surface area contributed by atoms with Gasteiger partial charge in [-0.1, -0.05) is 29.3 Å². The Labute approximate surface area is 134 Å². The number of halogens is 2. The smallest absolute Gasteiger partial charge is 0.267 e. The van der Waals surface area contributed by atoms with Gasteiger partial charge in [-0.25, -0.2) is 5.01 Å². The highest BCUT2D eigenvalue weighted by molar-refractivity contribution is 7.10. The van der Waals surface area contributed by atoms with Crippen molar-refractivity contribution in [2.45, 2.75) is 0 Å². The Balaban J connectivity index is 1.95. The van der Waals surface area contributed by atoms with Crippen LogP contribution in [-0.4, -0.2) is 11.8 Å². The number of anilines is 1. The molecule has 7 heteroatoms. The average Bonchev–Trinajstić information content (AvgIpc) is 3.06. The van der Waals surface area contributed by atoms with Crippen LogP contribution in [0.3, 0.4) is 0 Å². The van der Waals surface area contributed by atoms with E-state index in [4.69, 9.17) is 23.2 Å². The van der Waals surface area contributed by atoms with Crippen LogP contribution in [0.1, 0.15) is 4.88 Å². The molecule has 0 unspecified atom stereocenters. The lowest BCUT2D eigenvalue weighted by molar-refractivity contribution is -0.117. The van der Waals surface area contributed by atoms with Crippen molar-refractivity contribution in [1.82, 2.24) is 5.43 Å². The van der Waals surface area contributed by atoms with Gasteiger partial charge >= 0.3 is 0 Å². The number of nitrogens with zero attached hydrogens (tertiary/aromatic N) is 1. The molecule has 21 heavy (non-hydrogen) atoms. The molecule has 0 saturated carbocycles. The predicted octanol–water partition coefficient (Wildman–Crippen LogP) is 3.52. The summed E-state index contributed by atoms with van der Waals surface area (Å²) >= 11 is 13.2. The van der Waals surface area contributed by atoms with Crippen molar-refractivity contribution in [3.05, 3.63) is 56.2 Å². The Bertz CT molecular complexity index is 756. The molecule has 2 amide bonds. The quantitative estimate of drug-likeness (QED) is 0.672. The first-order valence-corrected chi connectivity index (χ1v) is 7.55. The monoisotopic (exact) mass is 338 g/mol. The molecule has 1 aromatic heterocycles. The molecule has 0 radical (unpaired) electrons. The van der Waals surface area contributed by atoms with Gasteiger partial charge in [-0.15, -0.1) is 11.3 Å². The second-order valence-electron chi connectivity index (χ2n) is 4.25. The van der Waals surface area contributed by atoms with Crippen LogP contribution in [-0.2, 0) is 9.59 Å². The Morgan fingerprint density at radius 2 is 1.95 bits per heavy atom. The van der Waals surface area contributed by atoms with Gasteiger partial charge in [0.15, 0.2) is 0 Å². The Morgan fingerprint density at radius 1 is 1.14 bits per heavy atom. The van der Waals surface area contributed by atoms with Gasteiger partial charge in [0, 0.05) is 4.88 Å². The first-order valence-electron chi connectivity index (χ1n) is 5.92. The first kappa shape index (κ1) is 14.1. The van der Waals surface area contributed by atoms with Gasteiger partial charge in [-0.2, -0.15) is 0 Å². The number of hydrogen-bond acceptors (Lipinski definition) is 3. The molecule has 1 aliphatic heterocycles. The van der Waals surface area contributed by atoms with Crippen molar-refractivity contribution >= 4 is 58.1 Å². The Morgan fingerprint density at radius 3 is 2.62 bits per heavy atom. The minimum atomic E-state index is -0.445. The number of carbonyl (C=O) groups is 2. The summed E-state index contributed by atoms with van der Waals surface area (Å²) in [6, 6.07) is 8.39. The van der Waals surface area contributed by atoms with E-state index in [1.807, 2.05) is 17.5 Å². The Hall–Kier alpha value is -1.82. The maximum absolute atomic E-state index is 12.3. The van der Waals surface area contributed by atoms with Crippen LogP contribution in [0.5, 0.6) is 0 Å². The van der Waals surface area contributed by atoms with Gasteiger partial charge < -0.3 is 0 Å². The molecule has 0 bridgehead atoms. The summed E-state index contributed by atoms with van der Waals surface area (Å²) in [4.78, 5) is 25.1. The maximum Gasteiger partial charge on any atom is 0.282 e. The molecule has 1 N–H and O–H groups in total. The van der Waals surface area contributed by atoms with Gasteiger partial charge in [0.25, 0.3) is 11.8 Å². The number of hydrogen-bond donors (Lipinski definition) is 1. The van der Waals surface area contributed by atoms with E-state index in [2.05, 4.69) is 5.43 Å². The maximum atomic E-state index is 12.3. The summed E-state index contributed by atoms with van der Waals surface area (Å²) in [6.07, 6.45) is 1.57. The molecule has 3 rings (SSSR count). The zero-order valence-electron chi connectivity index (χ0n) is 10.5. The number of nitrogens with one attached hydrogen (secondary N) is 1. The van der Waals surface area contributed by atoms with E-state index in [-0.39, 0.29) is 5.57 Å². The molecular weight excluding hydrogens is 331 g/mol. The van der Waals surface area contributed by atoms with Crippen molar-refractivity contribution in [3.63, 3.8) is 0 Å². The fourth-order valence-electron chi connectivity index (χ4n) is 1.88. The van der Waals surface area contributed by atoms with E-state index in [1.54, 1.807) is 18.2 Å². The molecular formula is C14H8Cl2N2O2S. The van der Waals surface area contributed by atoms with Gasteiger partial charge in [-0.3, -0.25) is 15.0 Å². The van der Waals surface area contributed by atoms with E-state index < -0.39 is 11.8 Å². The second kappa shape index (κ2) is 5.52. The largest absolute Gasteiger partial charge is 0.282 e. The lowest BCUT2D eigenvalue weighted by atomic mass is 10.2. The summed E-state index contributed by atoms with van der Waals surface area (Å²) in [5, 5.41) is 3.73. The van der Waals surface area contributed by atoms with E-state index >= 15 is 0 Å². The van der Waals surface area contributed by atoms with Crippen LogP contribution in [0.4, 0.5) is 5.69 Å². The average molecular weight is 339 g/mol. The van der Waals surface area contributed by atoms with Crippen LogP contribution < -0.4 is 10.4 Å². The highest BCUT2D eigenvalue weighted by Gasteiger charge is 2.34. The number of hydrazine groups is 1. The first-order chi connectivity index (χ1) is 10.1. The standard InChI is InChI=1S/C14H8Cl2N2O2S/c15-11-4-3-8(6-12(11)16)18-14(20)10(13(19)17-18)7-9-2-1-5-21-9/h1-7H,(H,17,19)/b10-7+. The Kier molecular flexibility index (Phi) is 3.71. The van der Waals surface area contributed by atoms with Gasteiger partial charge in [-0.05, 0) is 35.7 Å². The lowest BCUT2D eigenvalue weighted by Gasteiger charge is -2.15. The molecule has 0 atom stereocenters. The summed E-state index contributed by atoms with van der Waals surface area (Å²) < 4.78 is 0. The summed E-state index contributed by atoms with van der Waals surface area (Å²) in [5.41, 5.74) is 3.05. The van der Waals surface area contributed by atoms with Crippen molar-refractivity contribution in [2.24, 2.45) is 0 Å².